The van der Waals surface area contributed by atoms with Crippen molar-refractivity contribution in [3.05, 3.63) is 27.5 Å². The molecular weight excluding hydrogens is 280 g/mol. The van der Waals surface area contributed by atoms with Crippen LogP contribution in [0, 0.1) is 6.92 Å². The van der Waals surface area contributed by atoms with Gasteiger partial charge in [0.15, 0.2) is 17.3 Å². The van der Waals surface area contributed by atoms with Gasteiger partial charge >= 0.3 is 5.97 Å². The van der Waals surface area contributed by atoms with Gasteiger partial charge in [-0.15, -0.1) is 11.3 Å². The summed E-state index contributed by atoms with van der Waals surface area (Å²) in [5, 5.41) is 12.9. The van der Waals surface area contributed by atoms with Crippen molar-refractivity contribution in [2.24, 2.45) is 0 Å². The highest BCUT2D eigenvalue weighted by molar-refractivity contribution is 7.14. The SMILES string of the molecule is CCCCc1noc(COc2cc(C)sc2C(=O)O)n1. The van der Waals surface area contributed by atoms with Crippen molar-refractivity contribution in [3.63, 3.8) is 0 Å². The molecule has 0 unspecified atom stereocenters. The largest absolute Gasteiger partial charge is 0.482 e. The molecule has 2 rings (SSSR count). The lowest BCUT2D eigenvalue weighted by atomic mass is 10.2. The number of carboxylic acid groups (broad SMARTS) is 1. The summed E-state index contributed by atoms with van der Waals surface area (Å²) < 4.78 is 10.5. The van der Waals surface area contributed by atoms with Crippen LogP contribution in [-0.2, 0) is 13.0 Å². The van der Waals surface area contributed by atoms with Crippen LogP contribution in [0.3, 0.4) is 0 Å². The molecule has 2 aromatic heterocycles. The number of aromatic nitrogens is 2. The van der Waals surface area contributed by atoms with Crippen molar-refractivity contribution in [1.29, 1.82) is 0 Å². The van der Waals surface area contributed by atoms with Gasteiger partial charge in [-0.3, -0.25) is 0 Å². The second-order valence-corrected chi connectivity index (χ2v) is 5.61. The van der Waals surface area contributed by atoms with Gasteiger partial charge in [0.1, 0.15) is 5.75 Å². The molecule has 20 heavy (non-hydrogen) atoms. The van der Waals surface area contributed by atoms with E-state index in [1.165, 1.54) is 11.3 Å². The van der Waals surface area contributed by atoms with Crippen LogP contribution in [0.1, 0.15) is 46.0 Å². The minimum atomic E-state index is -0.993. The molecule has 6 nitrogen and oxygen atoms in total. The number of hydrogen-bond acceptors (Lipinski definition) is 6. The van der Waals surface area contributed by atoms with Crippen LogP contribution in [-0.4, -0.2) is 21.2 Å². The number of aromatic carboxylic acids is 1. The maximum Gasteiger partial charge on any atom is 0.349 e. The second-order valence-electron chi connectivity index (χ2n) is 4.35. The maximum atomic E-state index is 11.0. The number of thiophene rings is 1. The first kappa shape index (κ1) is 14.5. The Morgan fingerprint density at radius 2 is 2.35 bits per heavy atom. The molecule has 0 saturated carbocycles. The van der Waals surface area contributed by atoms with E-state index in [2.05, 4.69) is 17.1 Å². The van der Waals surface area contributed by atoms with Gasteiger partial charge in [-0.25, -0.2) is 4.79 Å². The predicted octanol–water partition coefficient (Wildman–Crippen LogP) is 3.06. The van der Waals surface area contributed by atoms with Crippen molar-refractivity contribution >= 4 is 17.3 Å². The van der Waals surface area contributed by atoms with Gasteiger partial charge in [-0.1, -0.05) is 18.5 Å². The predicted molar refractivity (Wildman–Crippen MR) is 73.3 cm³/mol. The minimum Gasteiger partial charge on any atom is -0.482 e. The Labute approximate surface area is 120 Å². The Bertz CT molecular complexity index is 591. The monoisotopic (exact) mass is 296 g/mol. The molecule has 0 aliphatic rings. The molecule has 0 bridgehead atoms. The summed E-state index contributed by atoms with van der Waals surface area (Å²) in [7, 11) is 0. The lowest BCUT2D eigenvalue weighted by Crippen LogP contribution is -2.00. The first-order valence-corrected chi connectivity index (χ1v) is 7.19. The van der Waals surface area contributed by atoms with E-state index in [9.17, 15) is 4.79 Å². The molecule has 0 spiro atoms. The highest BCUT2D eigenvalue weighted by Gasteiger charge is 2.16. The summed E-state index contributed by atoms with van der Waals surface area (Å²) in [6.07, 6.45) is 2.85. The number of carbonyl (C=O) groups is 1. The fraction of sp³-hybridized carbons (Fsp3) is 0.462. The van der Waals surface area contributed by atoms with Crippen molar-refractivity contribution in [1.82, 2.24) is 10.1 Å². The van der Waals surface area contributed by atoms with Crippen molar-refractivity contribution < 1.29 is 19.2 Å². The number of unbranched alkanes of at least 4 members (excludes halogenated alkanes) is 1. The molecule has 0 aliphatic carbocycles. The van der Waals surface area contributed by atoms with Crippen LogP contribution in [0.4, 0.5) is 0 Å². The van der Waals surface area contributed by atoms with Crippen LogP contribution < -0.4 is 4.74 Å². The fourth-order valence-corrected chi connectivity index (χ4v) is 2.47. The van der Waals surface area contributed by atoms with E-state index in [4.69, 9.17) is 14.4 Å². The van der Waals surface area contributed by atoms with E-state index in [-0.39, 0.29) is 11.5 Å². The summed E-state index contributed by atoms with van der Waals surface area (Å²) in [5.74, 6) is 0.363. The molecule has 0 aromatic carbocycles. The van der Waals surface area contributed by atoms with Crippen LogP contribution in [0.5, 0.6) is 5.75 Å². The molecule has 0 radical (unpaired) electrons. The number of rotatable bonds is 7. The topological polar surface area (TPSA) is 85.5 Å². The third-order valence-electron chi connectivity index (χ3n) is 2.63. The third kappa shape index (κ3) is 3.57. The van der Waals surface area contributed by atoms with Gasteiger partial charge in [0.2, 0.25) is 0 Å². The van der Waals surface area contributed by atoms with Crippen LogP contribution in [0.2, 0.25) is 0 Å². The molecule has 7 heteroatoms. The number of hydrogen-bond donors (Lipinski definition) is 1. The Balaban J connectivity index is 1.98. The molecule has 0 amide bonds. The number of carboxylic acids is 1. The molecule has 1 N–H and O–H groups in total. The van der Waals surface area contributed by atoms with Gasteiger partial charge in [-0.2, -0.15) is 4.98 Å². The van der Waals surface area contributed by atoms with Gasteiger partial charge in [0, 0.05) is 11.3 Å². The van der Waals surface area contributed by atoms with Gasteiger partial charge in [-0.05, 0) is 19.4 Å². The van der Waals surface area contributed by atoms with E-state index >= 15 is 0 Å². The maximum absolute atomic E-state index is 11.0. The Hall–Kier alpha value is -1.89. The zero-order valence-electron chi connectivity index (χ0n) is 11.4. The molecule has 0 saturated heterocycles. The van der Waals surface area contributed by atoms with E-state index in [1.54, 1.807) is 6.07 Å². The van der Waals surface area contributed by atoms with Crippen LogP contribution in [0.15, 0.2) is 10.6 Å². The summed E-state index contributed by atoms with van der Waals surface area (Å²) in [4.78, 5) is 16.3. The molecular formula is C13H16N2O4S. The van der Waals surface area contributed by atoms with E-state index in [1.807, 2.05) is 6.92 Å². The lowest BCUT2D eigenvalue weighted by Gasteiger charge is -2.01. The van der Waals surface area contributed by atoms with E-state index < -0.39 is 5.97 Å². The van der Waals surface area contributed by atoms with Crippen molar-refractivity contribution in [3.8, 4) is 5.75 Å². The third-order valence-corrected chi connectivity index (χ3v) is 3.65. The average Bonchev–Trinajstić information content (AvgIpc) is 3.00. The van der Waals surface area contributed by atoms with Gasteiger partial charge < -0.3 is 14.4 Å². The minimum absolute atomic E-state index is 0.0789. The normalized spacial score (nSPS) is 10.7. The number of ether oxygens (including phenoxy) is 1. The second kappa shape index (κ2) is 6.51. The lowest BCUT2D eigenvalue weighted by molar-refractivity contribution is 0.0697. The summed E-state index contributed by atoms with van der Waals surface area (Å²) >= 11 is 1.18. The molecule has 0 aliphatic heterocycles. The highest BCUT2D eigenvalue weighted by atomic mass is 32.1. The number of aryl methyl sites for hydroxylation is 2. The summed E-state index contributed by atoms with van der Waals surface area (Å²) in [6.45, 7) is 4.01. The molecule has 0 atom stereocenters. The standard InChI is InChI=1S/C13H16N2O4S/c1-3-4-5-10-14-11(19-15-10)7-18-9-6-8(2)20-12(9)13(16)17/h6H,3-5,7H2,1-2H3,(H,16,17). The summed E-state index contributed by atoms with van der Waals surface area (Å²) in [5.41, 5.74) is 0. The van der Waals surface area contributed by atoms with E-state index in [0.29, 0.717) is 17.5 Å². The fourth-order valence-electron chi connectivity index (χ4n) is 1.67. The first-order valence-electron chi connectivity index (χ1n) is 6.38. The molecule has 108 valence electrons. The highest BCUT2D eigenvalue weighted by Crippen LogP contribution is 2.29. The van der Waals surface area contributed by atoms with E-state index in [0.717, 1.165) is 24.1 Å². The smallest absolute Gasteiger partial charge is 0.349 e. The average molecular weight is 296 g/mol. The Morgan fingerprint density at radius 3 is 3.05 bits per heavy atom. The van der Waals surface area contributed by atoms with Crippen LogP contribution >= 0.6 is 11.3 Å². The number of nitrogens with zero attached hydrogens (tertiary/aromatic N) is 2. The molecule has 2 heterocycles. The van der Waals surface area contributed by atoms with Crippen molar-refractivity contribution in [2.75, 3.05) is 0 Å². The van der Waals surface area contributed by atoms with Crippen molar-refractivity contribution in [2.45, 2.75) is 39.7 Å². The molecule has 2 aromatic rings. The Morgan fingerprint density at radius 1 is 1.55 bits per heavy atom. The molecule has 0 fully saturated rings. The zero-order valence-corrected chi connectivity index (χ0v) is 12.2. The Kier molecular flexibility index (Phi) is 4.73. The van der Waals surface area contributed by atoms with Crippen LogP contribution in [0.25, 0.3) is 0 Å². The summed E-state index contributed by atoms with van der Waals surface area (Å²) in [6, 6.07) is 1.70. The first-order chi connectivity index (χ1) is 9.60. The van der Waals surface area contributed by atoms with Gasteiger partial charge in [0.05, 0.1) is 0 Å². The quantitative estimate of drug-likeness (QED) is 0.845. The zero-order chi connectivity index (χ0) is 14.5. The van der Waals surface area contributed by atoms with Gasteiger partial charge in [0.25, 0.3) is 5.89 Å².